The fourth-order valence-electron chi connectivity index (χ4n) is 2.72. The van der Waals surface area contributed by atoms with Gasteiger partial charge >= 0.3 is 91.0 Å². The van der Waals surface area contributed by atoms with Gasteiger partial charge in [0.15, 0.2) is 12.6 Å². The molecule has 6 atom stereocenters. The molecule has 0 fully saturated rings. The van der Waals surface area contributed by atoms with E-state index in [1.165, 1.54) is 0 Å². The third-order valence-corrected chi connectivity index (χ3v) is 6.58. The first-order chi connectivity index (χ1) is 16.0. The van der Waals surface area contributed by atoms with Crippen LogP contribution in [0.1, 0.15) is 95.9 Å². The first-order valence-electron chi connectivity index (χ1n) is 12.9. The molecule has 38 heavy (non-hydrogen) atoms. The molecule has 0 radical (unpaired) electrons. The molecule has 8 nitrogen and oxygen atoms in total. The molecule has 220 valence electrons. The summed E-state index contributed by atoms with van der Waals surface area (Å²) in [5.74, 6) is 0. The Kier molecular flexibility index (Phi) is 26.7. The van der Waals surface area contributed by atoms with Crippen molar-refractivity contribution >= 4 is 91.0 Å². The van der Waals surface area contributed by atoms with E-state index in [4.69, 9.17) is 18.9 Å². The number of hydrogen-bond acceptors (Lipinski definition) is 8. The molecule has 0 N–H and O–H groups in total. The van der Waals surface area contributed by atoms with Crippen LogP contribution in [0.5, 0.6) is 0 Å². The predicted molar refractivity (Wildman–Crippen MR) is 147 cm³/mol. The van der Waals surface area contributed by atoms with E-state index in [2.05, 4.69) is 0 Å². The summed E-state index contributed by atoms with van der Waals surface area (Å²) in [7, 11) is 3.11. The Morgan fingerprint density at radius 3 is 0.921 bits per heavy atom. The SMILES string of the molecule is COC(C)OCC(C)(C)C([O-])CC([O-])C(C)(C)C.COC(C)OCC(C)(C)C([O-])CC([O-])C(C)(C)C.[Sr+2].[Sr+2]. The molecule has 0 aliphatic heterocycles. The smallest absolute Gasteiger partial charge is 0.852 e. The van der Waals surface area contributed by atoms with Crippen molar-refractivity contribution in [1.82, 2.24) is 0 Å². The maximum absolute atomic E-state index is 12.2. The molecule has 0 rings (SSSR count). The van der Waals surface area contributed by atoms with Gasteiger partial charge in [0.25, 0.3) is 0 Å². The van der Waals surface area contributed by atoms with Crippen LogP contribution in [0, 0.1) is 21.7 Å². The van der Waals surface area contributed by atoms with E-state index >= 15 is 0 Å². The summed E-state index contributed by atoms with van der Waals surface area (Å²) in [5, 5.41) is 48.2. The van der Waals surface area contributed by atoms with Crippen molar-refractivity contribution in [3.63, 3.8) is 0 Å². The quantitative estimate of drug-likeness (QED) is 0.195. The topological polar surface area (TPSA) is 129 Å². The Morgan fingerprint density at radius 1 is 0.500 bits per heavy atom. The van der Waals surface area contributed by atoms with Crippen molar-refractivity contribution in [2.75, 3.05) is 27.4 Å². The van der Waals surface area contributed by atoms with Crippen LogP contribution < -0.4 is 20.4 Å². The fraction of sp³-hybridized carbons (Fsp3) is 1.00. The molecule has 6 unspecified atom stereocenters. The van der Waals surface area contributed by atoms with Crippen molar-refractivity contribution in [1.29, 1.82) is 0 Å². The molecule has 0 spiro atoms. The first kappa shape index (κ1) is 47.6. The van der Waals surface area contributed by atoms with Gasteiger partial charge in [-0.3, -0.25) is 0 Å². The molecular weight excluding hydrogens is 640 g/mol. The molecule has 0 aromatic rings. The van der Waals surface area contributed by atoms with E-state index in [-0.39, 0.29) is 127 Å². The maximum Gasteiger partial charge on any atom is 2.00 e. The summed E-state index contributed by atoms with van der Waals surface area (Å²) in [6.07, 6.45) is -3.96. The normalized spacial score (nSPS) is 17.5. The molecule has 0 saturated heterocycles. The van der Waals surface area contributed by atoms with Crippen LogP contribution in [0.15, 0.2) is 0 Å². The van der Waals surface area contributed by atoms with Gasteiger partial charge in [-0.15, -0.1) is 24.4 Å². The number of methoxy groups -OCH3 is 2. The predicted octanol–water partition coefficient (Wildman–Crippen LogP) is 1.07. The summed E-state index contributed by atoms with van der Waals surface area (Å²) >= 11 is 0. The summed E-state index contributed by atoms with van der Waals surface area (Å²) in [6.45, 7) is 22.7. The van der Waals surface area contributed by atoms with Crippen molar-refractivity contribution in [2.24, 2.45) is 21.7 Å². The van der Waals surface area contributed by atoms with Crippen LogP contribution in [0.4, 0.5) is 0 Å². The van der Waals surface area contributed by atoms with Gasteiger partial charge in [-0.1, -0.05) is 92.9 Å². The van der Waals surface area contributed by atoms with E-state index < -0.39 is 35.2 Å². The standard InChI is InChI=1S/2C14H28O4.2Sr/c2*1-10(17-7)18-9-14(5,6)12(16)8-11(15)13(2,3)4;;/h2*10-12H,8-9H2,1-7H3;;/q2*-2;2*+2. The molecular formula is C28H56O8Sr2. The molecule has 0 aliphatic rings. The van der Waals surface area contributed by atoms with Gasteiger partial charge < -0.3 is 39.4 Å². The number of ether oxygens (including phenoxy) is 4. The van der Waals surface area contributed by atoms with Gasteiger partial charge in [0.2, 0.25) is 0 Å². The number of rotatable bonds is 14. The van der Waals surface area contributed by atoms with Gasteiger partial charge in [-0.25, -0.2) is 0 Å². The molecule has 0 aromatic carbocycles. The molecule has 0 saturated carbocycles. The molecule has 0 heterocycles. The fourth-order valence-corrected chi connectivity index (χ4v) is 2.72. The Balaban J connectivity index is -0.000000289. The number of hydrogen-bond donors (Lipinski definition) is 0. The van der Waals surface area contributed by atoms with Crippen LogP contribution in [-0.4, -0.2) is 155 Å². The van der Waals surface area contributed by atoms with Gasteiger partial charge in [-0.2, -0.15) is 0 Å². The van der Waals surface area contributed by atoms with E-state index in [1.807, 2.05) is 69.2 Å². The van der Waals surface area contributed by atoms with Gasteiger partial charge in [-0.05, 0) is 24.7 Å². The zero-order valence-electron chi connectivity index (χ0n) is 27.0. The van der Waals surface area contributed by atoms with Gasteiger partial charge in [0, 0.05) is 14.2 Å². The van der Waals surface area contributed by atoms with Crippen LogP contribution in [-0.2, 0) is 18.9 Å². The van der Waals surface area contributed by atoms with Crippen LogP contribution in [0.25, 0.3) is 0 Å². The van der Waals surface area contributed by atoms with Crippen LogP contribution in [0.2, 0.25) is 0 Å². The molecule has 0 aromatic heterocycles. The Hall–Kier alpha value is 2.64. The summed E-state index contributed by atoms with van der Waals surface area (Å²) in [6, 6.07) is 0. The second-order valence-corrected chi connectivity index (χ2v) is 13.4. The molecule has 0 amide bonds. The van der Waals surface area contributed by atoms with Gasteiger partial charge in [0.05, 0.1) is 13.2 Å². The Bertz CT molecular complexity index is 526. The first-order valence-corrected chi connectivity index (χ1v) is 12.9. The zero-order chi connectivity index (χ0) is 29.1. The van der Waals surface area contributed by atoms with E-state index in [0.717, 1.165) is 0 Å². The van der Waals surface area contributed by atoms with Crippen LogP contribution in [0.3, 0.4) is 0 Å². The minimum absolute atomic E-state index is 0. The largest absolute Gasteiger partial charge is 2.00 e. The van der Waals surface area contributed by atoms with Gasteiger partial charge in [0.1, 0.15) is 0 Å². The average Bonchev–Trinajstić information content (AvgIpc) is 2.74. The third kappa shape index (κ3) is 21.3. The summed E-state index contributed by atoms with van der Waals surface area (Å²) in [4.78, 5) is 0. The van der Waals surface area contributed by atoms with E-state index in [1.54, 1.807) is 28.1 Å². The second kappa shape index (κ2) is 21.4. The van der Waals surface area contributed by atoms with Crippen LogP contribution >= 0.6 is 0 Å². The Labute approximate surface area is 308 Å². The van der Waals surface area contributed by atoms with Crippen molar-refractivity contribution < 1.29 is 39.4 Å². The molecule has 0 aliphatic carbocycles. The third-order valence-electron chi connectivity index (χ3n) is 6.58. The maximum atomic E-state index is 12.2. The van der Waals surface area contributed by atoms with E-state index in [0.29, 0.717) is 13.2 Å². The minimum Gasteiger partial charge on any atom is -0.852 e. The average molecular weight is 696 g/mol. The summed E-state index contributed by atoms with van der Waals surface area (Å²) in [5.41, 5.74) is -1.89. The van der Waals surface area contributed by atoms with Crippen molar-refractivity contribution in [3.05, 3.63) is 0 Å². The summed E-state index contributed by atoms with van der Waals surface area (Å²) < 4.78 is 20.8. The van der Waals surface area contributed by atoms with E-state index in [9.17, 15) is 20.4 Å². The minimum atomic E-state index is -0.928. The Morgan fingerprint density at radius 2 is 0.737 bits per heavy atom. The molecule has 0 bridgehead atoms. The zero-order valence-corrected chi connectivity index (χ0v) is 33.9. The molecule has 10 heteroatoms. The van der Waals surface area contributed by atoms with Crippen molar-refractivity contribution in [2.45, 2.75) is 133 Å². The second-order valence-electron chi connectivity index (χ2n) is 13.4. The monoisotopic (exact) mass is 696 g/mol. The van der Waals surface area contributed by atoms with Crippen molar-refractivity contribution in [3.8, 4) is 0 Å².